The Hall–Kier alpha value is -0.380. The molecule has 1 aliphatic carbocycles. The summed E-state index contributed by atoms with van der Waals surface area (Å²) in [6, 6.07) is 0. The van der Waals surface area contributed by atoms with Crippen molar-refractivity contribution in [1.82, 2.24) is 0 Å². The van der Waals surface area contributed by atoms with Crippen LogP contribution in [0.2, 0.25) is 0 Å². The summed E-state index contributed by atoms with van der Waals surface area (Å²) in [4.78, 5) is 11.3. The van der Waals surface area contributed by atoms with Crippen LogP contribution in [0.3, 0.4) is 0 Å². The number of ether oxygens (including phenoxy) is 1. The van der Waals surface area contributed by atoms with Crippen LogP contribution in [0.1, 0.15) is 46.5 Å². The van der Waals surface area contributed by atoms with Gasteiger partial charge >= 0.3 is 5.97 Å². The van der Waals surface area contributed by atoms with Crippen LogP contribution < -0.4 is 0 Å². The van der Waals surface area contributed by atoms with Gasteiger partial charge in [0.1, 0.15) is 0 Å². The number of hydrogen-bond acceptors (Lipinski definition) is 3. The molecule has 0 spiro atoms. The molecule has 1 saturated carbocycles. The molecule has 94 valence electrons. The van der Waals surface area contributed by atoms with E-state index in [9.17, 15) is 9.00 Å². The first-order chi connectivity index (χ1) is 7.36. The highest BCUT2D eigenvalue weighted by Crippen LogP contribution is 2.31. The Balaban J connectivity index is 2.49. The van der Waals surface area contributed by atoms with E-state index >= 15 is 0 Å². The molecular weight excluding hydrogens is 224 g/mol. The number of hydrogen-bond donors (Lipinski definition) is 0. The van der Waals surface area contributed by atoms with Crippen molar-refractivity contribution in [3.05, 3.63) is 0 Å². The van der Waals surface area contributed by atoms with Gasteiger partial charge in [-0.05, 0) is 46.5 Å². The molecule has 0 heterocycles. The molecule has 0 saturated heterocycles. The Kier molecular flexibility index (Phi) is 4.53. The zero-order valence-corrected chi connectivity index (χ0v) is 11.4. The molecule has 4 heteroatoms. The van der Waals surface area contributed by atoms with E-state index in [1.807, 2.05) is 20.8 Å². The highest BCUT2D eigenvalue weighted by Gasteiger charge is 2.33. The van der Waals surface area contributed by atoms with Gasteiger partial charge in [0.2, 0.25) is 0 Å². The van der Waals surface area contributed by atoms with E-state index in [1.165, 1.54) is 7.11 Å². The van der Waals surface area contributed by atoms with Crippen molar-refractivity contribution in [3.63, 3.8) is 0 Å². The third-order valence-electron chi connectivity index (χ3n) is 3.12. The van der Waals surface area contributed by atoms with E-state index in [0.29, 0.717) is 0 Å². The molecule has 1 rings (SSSR count). The van der Waals surface area contributed by atoms with Gasteiger partial charge in [-0.15, -0.1) is 0 Å². The smallest absolute Gasteiger partial charge is 0.308 e. The molecule has 1 aliphatic rings. The average Bonchev–Trinajstić information content (AvgIpc) is 2.26. The van der Waals surface area contributed by atoms with Crippen molar-refractivity contribution in [2.75, 3.05) is 7.11 Å². The lowest BCUT2D eigenvalue weighted by Gasteiger charge is -2.31. The molecule has 0 amide bonds. The second-order valence-corrected chi connectivity index (χ2v) is 7.89. The van der Waals surface area contributed by atoms with Crippen LogP contribution in [-0.4, -0.2) is 27.3 Å². The molecule has 1 fully saturated rings. The van der Waals surface area contributed by atoms with Crippen LogP contribution in [0.4, 0.5) is 0 Å². The minimum absolute atomic E-state index is 0.0261. The van der Waals surface area contributed by atoms with Gasteiger partial charge in [0.25, 0.3) is 0 Å². The van der Waals surface area contributed by atoms with Gasteiger partial charge < -0.3 is 4.74 Å². The van der Waals surface area contributed by atoms with E-state index in [1.54, 1.807) is 0 Å². The lowest BCUT2D eigenvalue weighted by Crippen LogP contribution is -2.35. The zero-order chi connectivity index (χ0) is 12.3. The predicted molar refractivity (Wildman–Crippen MR) is 65.7 cm³/mol. The maximum Gasteiger partial charge on any atom is 0.308 e. The average molecular weight is 246 g/mol. The first kappa shape index (κ1) is 13.7. The minimum atomic E-state index is -0.806. The third-order valence-corrected chi connectivity index (χ3v) is 5.40. The summed E-state index contributed by atoms with van der Waals surface area (Å²) in [6.07, 6.45) is 3.39. The summed E-state index contributed by atoms with van der Waals surface area (Å²) < 4.78 is 16.7. The minimum Gasteiger partial charge on any atom is -0.469 e. The molecule has 0 aromatic heterocycles. The van der Waals surface area contributed by atoms with Crippen molar-refractivity contribution in [3.8, 4) is 0 Å². The molecule has 0 radical (unpaired) electrons. The zero-order valence-electron chi connectivity index (χ0n) is 10.6. The van der Waals surface area contributed by atoms with Gasteiger partial charge in [-0.1, -0.05) is 0 Å². The summed E-state index contributed by atoms with van der Waals surface area (Å²) in [5.41, 5.74) is 0. The fraction of sp³-hybridized carbons (Fsp3) is 0.917. The third kappa shape index (κ3) is 3.30. The maximum atomic E-state index is 12.2. The summed E-state index contributed by atoms with van der Waals surface area (Å²) in [5.74, 6) is -0.0850. The van der Waals surface area contributed by atoms with Crippen LogP contribution in [0, 0.1) is 5.92 Å². The molecule has 1 unspecified atom stereocenters. The number of esters is 1. The van der Waals surface area contributed by atoms with Gasteiger partial charge in [0.15, 0.2) is 0 Å². The van der Waals surface area contributed by atoms with Crippen LogP contribution in [-0.2, 0) is 20.3 Å². The molecule has 0 N–H and O–H groups in total. The number of carbonyl (C=O) groups is 1. The van der Waals surface area contributed by atoms with E-state index in [4.69, 9.17) is 4.74 Å². The molecule has 3 nitrogen and oxygen atoms in total. The topological polar surface area (TPSA) is 43.4 Å². The summed E-state index contributed by atoms with van der Waals surface area (Å²) in [6.45, 7) is 6.03. The number of methoxy groups -OCH3 is 1. The largest absolute Gasteiger partial charge is 0.469 e. The van der Waals surface area contributed by atoms with Crippen LogP contribution in [0.15, 0.2) is 0 Å². The Morgan fingerprint density at radius 3 is 2.06 bits per heavy atom. The Morgan fingerprint density at radius 1 is 1.19 bits per heavy atom. The summed E-state index contributed by atoms with van der Waals surface area (Å²) in [7, 11) is 0.626. The van der Waals surface area contributed by atoms with Gasteiger partial charge in [-0.3, -0.25) is 9.00 Å². The Morgan fingerprint density at radius 2 is 1.69 bits per heavy atom. The summed E-state index contributed by atoms with van der Waals surface area (Å²) >= 11 is 0. The first-order valence-corrected chi connectivity index (χ1v) is 7.06. The van der Waals surface area contributed by atoms with Gasteiger partial charge in [0.05, 0.1) is 13.0 Å². The number of rotatable bonds is 2. The standard InChI is InChI=1S/C12H22O3S/c1-12(2,3)16(14)10-7-5-9(6-8-10)11(13)15-4/h9-10H,5-8H2,1-4H3. The molecule has 0 bridgehead atoms. The highest BCUT2D eigenvalue weighted by molar-refractivity contribution is 7.87. The van der Waals surface area contributed by atoms with Gasteiger partial charge in [-0.2, -0.15) is 0 Å². The second kappa shape index (κ2) is 5.30. The molecule has 16 heavy (non-hydrogen) atoms. The Bertz CT molecular complexity index is 272. The fourth-order valence-corrected chi connectivity index (χ4v) is 3.88. The van der Waals surface area contributed by atoms with E-state index in [-0.39, 0.29) is 21.9 Å². The van der Waals surface area contributed by atoms with Crippen molar-refractivity contribution in [1.29, 1.82) is 0 Å². The van der Waals surface area contributed by atoms with Crippen molar-refractivity contribution >= 4 is 16.8 Å². The molecule has 0 aromatic carbocycles. The van der Waals surface area contributed by atoms with Crippen molar-refractivity contribution in [2.45, 2.75) is 56.5 Å². The van der Waals surface area contributed by atoms with Crippen LogP contribution >= 0.6 is 0 Å². The highest BCUT2D eigenvalue weighted by atomic mass is 32.2. The monoisotopic (exact) mass is 246 g/mol. The molecule has 0 aromatic rings. The normalized spacial score (nSPS) is 28.5. The van der Waals surface area contributed by atoms with Crippen LogP contribution in [0.25, 0.3) is 0 Å². The Labute approximate surface area is 100 Å². The first-order valence-electron chi connectivity index (χ1n) is 5.84. The van der Waals surface area contributed by atoms with E-state index in [0.717, 1.165) is 25.7 Å². The SMILES string of the molecule is COC(=O)C1CCC(S(=O)C(C)(C)C)CC1. The maximum absolute atomic E-state index is 12.2. The van der Waals surface area contributed by atoms with E-state index < -0.39 is 10.8 Å². The molecule has 1 atom stereocenters. The van der Waals surface area contributed by atoms with Crippen LogP contribution in [0.5, 0.6) is 0 Å². The molecular formula is C12H22O3S. The fourth-order valence-electron chi connectivity index (χ4n) is 2.18. The van der Waals surface area contributed by atoms with Gasteiger partial charge in [0, 0.05) is 20.8 Å². The lowest BCUT2D eigenvalue weighted by molar-refractivity contribution is -0.146. The number of carbonyl (C=O) groups excluding carboxylic acids is 1. The molecule has 0 aliphatic heterocycles. The quantitative estimate of drug-likeness (QED) is 0.702. The lowest BCUT2D eigenvalue weighted by atomic mass is 9.89. The van der Waals surface area contributed by atoms with Gasteiger partial charge in [-0.25, -0.2) is 0 Å². The predicted octanol–water partition coefficient (Wildman–Crippen LogP) is 2.27. The van der Waals surface area contributed by atoms with Crippen molar-refractivity contribution < 1.29 is 13.7 Å². The van der Waals surface area contributed by atoms with Crippen molar-refractivity contribution in [2.24, 2.45) is 5.92 Å². The summed E-state index contributed by atoms with van der Waals surface area (Å²) in [5, 5.41) is 0.251. The second-order valence-electron chi connectivity index (χ2n) is 5.41. The van der Waals surface area contributed by atoms with E-state index in [2.05, 4.69) is 0 Å².